The zero-order valence-electron chi connectivity index (χ0n) is 19.6. The fraction of sp³-hybridized carbons (Fsp3) is 0.619. The number of morpholine rings is 1. The van der Waals surface area contributed by atoms with Gasteiger partial charge in [0.05, 0.1) is 23.5 Å². The van der Waals surface area contributed by atoms with Gasteiger partial charge in [-0.1, -0.05) is 0 Å². The second-order valence-electron chi connectivity index (χ2n) is 8.24. The molecule has 2 N–H and O–H groups in total. The third kappa shape index (κ3) is 8.62. The molecule has 1 aromatic heterocycles. The number of nitrogens with zero attached hydrogens (tertiary/aromatic N) is 3. The summed E-state index contributed by atoms with van der Waals surface area (Å²) in [5.41, 5.74) is 0.642. The number of rotatable bonds is 2. The molecule has 2 aliphatic rings. The minimum atomic E-state index is -5.08. The maximum Gasteiger partial charge on any atom is 0.490 e. The third-order valence-electron chi connectivity index (χ3n) is 5.68. The van der Waals surface area contributed by atoms with Gasteiger partial charge in [0, 0.05) is 25.3 Å². The molecule has 36 heavy (non-hydrogen) atoms. The quantitative estimate of drug-likeness (QED) is 0.558. The highest BCUT2D eigenvalue weighted by atomic mass is 19.4. The number of hydrogen-bond donors (Lipinski definition) is 2. The second kappa shape index (κ2) is 12.3. The second-order valence-corrected chi connectivity index (χ2v) is 8.24. The highest BCUT2D eigenvalue weighted by Crippen LogP contribution is 2.37. The number of anilines is 1. The van der Waals surface area contributed by atoms with Crippen molar-refractivity contribution in [2.45, 2.75) is 63.7 Å². The Hall–Kier alpha value is -2.94. The molecule has 2 aliphatic heterocycles. The van der Waals surface area contributed by atoms with Gasteiger partial charge >= 0.3 is 24.3 Å². The molecule has 15 heteroatoms. The van der Waals surface area contributed by atoms with E-state index in [-0.39, 0.29) is 24.2 Å². The number of piperidine rings is 1. The molecule has 0 aliphatic carbocycles. The molecular formula is C21H27F6N3O6. The van der Waals surface area contributed by atoms with Crippen LogP contribution in [-0.4, -0.2) is 87.7 Å². The van der Waals surface area contributed by atoms with Crippen molar-refractivity contribution in [3.63, 3.8) is 0 Å². The maximum atomic E-state index is 12.4. The molecule has 1 spiro atoms. The van der Waals surface area contributed by atoms with Crippen LogP contribution in [0.4, 0.5) is 32.0 Å². The summed E-state index contributed by atoms with van der Waals surface area (Å²) in [4.78, 5) is 38.7. The number of carbonyl (C=O) groups excluding carboxylic acids is 1. The molecule has 0 radical (unpaired) electrons. The number of carbonyl (C=O) groups is 3. The van der Waals surface area contributed by atoms with Gasteiger partial charge in [0.2, 0.25) is 0 Å². The number of hydrogen-bond acceptors (Lipinski definition) is 6. The summed E-state index contributed by atoms with van der Waals surface area (Å²) >= 11 is 0. The van der Waals surface area contributed by atoms with Gasteiger partial charge in [0.1, 0.15) is 6.61 Å². The summed E-state index contributed by atoms with van der Waals surface area (Å²) in [6, 6.07) is 4.42. The normalized spacial score (nSPS) is 20.2. The van der Waals surface area contributed by atoms with E-state index in [0.29, 0.717) is 6.04 Å². The van der Waals surface area contributed by atoms with E-state index >= 15 is 0 Å². The molecule has 204 valence electrons. The van der Waals surface area contributed by atoms with Crippen LogP contribution in [0.2, 0.25) is 0 Å². The van der Waals surface area contributed by atoms with Crippen LogP contribution in [0.3, 0.4) is 0 Å². The minimum absolute atomic E-state index is 0.0254. The van der Waals surface area contributed by atoms with E-state index in [1.54, 1.807) is 12.4 Å². The van der Waals surface area contributed by atoms with E-state index < -0.39 is 24.3 Å². The van der Waals surface area contributed by atoms with Crippen molar-refractivity contribution in [1.82, 2.24) is 9.88 Å². The van der Waals surface area contributed by atoms with Gasteiger partial charge < -0.3 is 24.7 Å². The SMILES string of the molecule is CC(C)N1CCC2(CC1)OCC(=O)N(c1cccnc1)C2C.O=C(O)C(F)(F)F.O=C(O)C(F)(F)F. The first-order valence-corrected chi connectivity index (χ1v) is 10.6. The summed E-state index contributed by atoms with van der Waals surface area (Å²) in [6.07, 6.45) is -4.74. The van der Waals surface area contributed by atoms with Gasteiger partial charge in [0.15, 0.2) is 0 Å². The van der Waals surface area contributed by atoms with Crippen molar-refractivity contribution in [2.75, 3.05) is 24.6 Å². The van der Waals surface area contributed by atoms with Gasteiger partial charge in [-0.25, -0.2) is 9.59 Å². The van der Waals surface area contributed by atoms with Crippen LogP contribution < -0.4 is 4.90 Å². The lowest BCUT2D eigenvalue weighted by Crippen LogP contribution is -2.64. The Morgan fingerprint density at radius 3 is 1.92 bits per heavy atom. The Kier molecular flexibility index (Phi) is 10.7. The number of pyridine rings is 1. The first kappa shape index (κ1) is 31.1. The van der Waals surface area contributed by atoms with E-state index in [1.165, 1.54) is 0 Å². The highest BCUT2D eigenvalue weighted by molar-refractivity contribution is 5.95. The number of carboxylic acids is 2. The molecule has 3 heterocycles. The van der Waals surface area contributed by atoms with E-state index in [1.807, 2.05) is 17.0 Å². The first-order chi connectivity index (χ1) is 16.4. The molecule has 3 rings (SSSR count). The summed E-state index contributed by atoms with van der Waals surface area (Å²) in [6.45, 7) is 8.79. The Bertz CT molecular complexity index is 862. The predicted molar refractivity (Wildman–Crippen MR) is 113 cm³/mol. The number of alkyl halides is 6. The molecule has 1 amide bonds. The Morgan fingerprint density at radius 2 is 1.56 bits per heavy atom. The Labute approximate surface area is 202 Å². The monoisotopic (exact) mass is 531 g/mol. The number of likely N-dealkylation sites (tertiary alicyclic amines) is 1. The number of aromatic nitrogens is 1. The molecule has 1 aromatic rings. The zero-order valence-corrected chi connectivity index (χ0v) is 19.6. The van der Waals surface area contributed by atoms with E-state index in [0.717, 1.165) is 31.6 Å². The first-order valence-electron chi connectivity index (χ1n) is 10.6. The van der Waals surface area contributed by atoms with Crippen LogP contribution in [0.15, 0.2) is 24.5 Å². The fourth-order valence-electron chi connectivity index (χ4n) is 3.69. The van der Waals surface area contributed by atoms with Gasteiger partial charge in [-0.2, -0.15) is 26.3 Å². The third-order valence-corrected chi connectivity index (χ3v) is 5.68. The van der Waals surface area contributed by atoms with Crippen LogP contribution in [0.1, 0.15) is 33.6 Å². The number of amides is 1. The molecular weight excluding hydrogens is 504 g/mol. The van der Waals surface area contributed by atoms with Crippen LogP contribution in [0.25, 0.3) is 0 Å². The summed E-state index contributed by atoms with van der Waals surface area (Å²) < 4.78 is 69.5. The number of carboxylic acid groups (broad SMARTS) is 2. The van der Waals surface area contributed by atoms with E-state index in [4.69, 9.17) is 24.5 Å². The lowest BCUT2D eigenvalue weighted by Gasteiger charge is -2.52. The van der Waals surface area contributed by atoms with Crippen molar-refractivity contribution < 1.29 is 55.7 Å². The lowest BCUT2D eigenvalue weighted by molar-refractivity contribution is -0.193. The largest absolute Gasteiger partial charge is 0.490 e. The molecule has 9 nitrogen and oxygen atoms in total. The standard InChI is InChI=1S/C17H25N3O2.2C2HF3O2/c1-13(2)19-9-6-17(7-10-19)14(3)20(16(21)12-22-17)15-5-4-8-18-11-15;2*3-2(4,5)1(6)7/h4-5,8,11,13-14H,6-7,9-10,12H2,1-3H3;2*(H,6,7). The molecule has 1 unspecified atom stereocenters. The molecule has 2 fully saturated rings. The Morgan fingerprint density at radius 1 is 1.08 bits per heavy atom. The van der Waals surface area contributed by atoms with Crippen molar-refractivity contribution >= 4 is 23.5 Å². The van der Waals surface area contributed by atoms with E-state index in [2.05, 4.69) is 30.7 Å². The number of aliphatic carboxylic acids is 2. The minimum Gasteiger partial charge on any atom is -0.475 e. The molecule has 2 saturated heterocycles. The van der Waals surface area contributed by atoms with Crippen LogP contribution in [0, 0.1) is 0 Å². The summed E-state index contributed by atoms with van der Waals surface area (Å²) in [5.74, 6) is -5.49. The Balaban J connectivity index is 0.000000383. The fourth-order valence-corrected chi connectivity index (χ4v) is 3.69. The highest BCUT2D eigenvalue weighted by Gasteiger charge is 2.48. The lowest BCUT2D eigenvalue weighted by atomic mass is 9.82. The molecule has 0 saturated carbocycles. The average molecular weight is 531 g/mol. The topological polar surface area (TPSA) is 120 Å². The van der Waals surface area contributed by atoms with Crippen molar-refractivity contribution in [2.24, 2.45) is 0 Å². The van der Waals surface area contributed by atoms with Gasteiger partial charge in [-0.15, -0.1) is 0 Å². The summed E-state index contributed by atoms with van der Waals surface area (Å²) in [5, 5.41) is 14.2. The number of halogens is 6. The van der Waals surface area contributed by atoms with Crippen molar-refractivity contribution in [3.05, 3.63) is 24.5 Å². The zero-order chi connectivity index (χ0) is 27.9. The van der Waals surface area contributed by atoms with Crippen LogP contribution in [-0.2, 0) is 19.1 Å². The van der Waals surface area contributed by atoms with Crippen LogP contribution >= 0.6 is 0 Å². The van der Waals surface area contributed by atoms with Gasteiger partial charge in [0.25, 0.3) is 5.91 Å². The molecule has 0 aromatic carbocycles. The maximum absolute atomic E-state index is 12.4. The van der Waals surface area contributed by atoms with Crippen molar-refractivity contribution in [3.8, 4) is 0 Å². The van der Waals surface area contributed by atoms with Gasteiger partial charge in [-0.3, -0.25) is 9.78 Å². The summed E-state index contributed by atoms with van der Waals surface area (Å²) in [7, 11) is 0. The smallest absolute Gasteiger partial charge is 0.475 e. The molecule has 0 bridgehead atoms. The molecule has 1 atom stereocenters. The van der Waals surface area contributed by atoms with Crippen LogP contribution in [0.5, 0.6) is 0 Å². The van der Waals surface area contributed by atoms with Crippen molar-refractivity contribution in [1.29, 1.82) is 0 Å². The van der Waals surface area contributed by atoms with E-state index in [9.17, 15) is 31.1 Å². The average Bonchev–Trinajstić information content (AvgIpc) is 2.77. The van der Waals surface area contributed by atoms with Gasteiger partial charge in [-0.05, 0) is 45.7 Å². The number of ether oxygens (including phenoxy) is 1. The predicted octanol–water partition coefficient (Wildman–Crippen LogP) is 3.34.